The fraction of sp³-hybridized carbons (Fsp3) is 0.350. The summed E-state index contributed by atoms with van der Waals surface area (Å²) < 4.78 is 0.557. The zero-order valence-electron chi connectivity index (χ0n) is 15.4. The number of carbonyl (C=O) groups excluding carboxylic acids is 3. The highest BCUT2D eigenvalue weighted by atomic mass is 35.5. The Bertz CT molecular complexity index is 958. The molecular weight excluding hydrogens is 398 g/mol. The number of rotatable bonds is 4. The summed E-state index contributed by atoms with van der Waals surface area (Å²) in [6.45, 7) is 3.11. The Morgan fingerprint density at radius 2 is 2.00 bits per heavy atom. The van der Waals surface area contributed by atoms with E-state index >= 15 is 0 Å². The van der Waals surface area contributed by atoms with Crippen LogP contribution in [0.1, 0.15) is 34.5 Å². The average Bonchev–Trinajstić information content (AvgIpc) is 3.36. The fourth-order valence-corrected chi connectivity index (χ4v) is 4.71. The molecule has 3 amide bonds. The molecule has 0 unspecified atom stereocenters. The standard InChI is InChI=1S/C20H20ClN3O3S/c1-12-9-14(4-5-15(12)23-8-2-3-18(23)25)24-11-13(10-19(24)26)22-20(27)16-6-7-17(21)28-16/h4-7,9,13H,2-3,8,10-11H2,1H3,(H,22,27)/t13-/m1/s1. The smallest absolute Gasteiger partial charge is 0.261 e. The summed E-state index contributed by atoms with van der Waals surface area (Å²) in [4.78, 5) is 40.8. The molecule has 0 aliphatic carbocycles. The van der Waals surface area contributed by atoms with Crippen LogP contribution in [0.2, 0.25) is 4.34 Å². The molecule has 4 rings (SSSR count). The number of hydrogen-bond acceptors (Lipinski definition) is 4. The Morgan fingerprint density at radius 3 is 2.64 bits per heavy atom. The van der Waals surface area contributed by atoms with E-state index in [9.17, 15) is 14.4 Å². The summed E-state index contributed by atoms with van der Waals surface area (Å²) >= 11 is 7.10. The third-order valence-corrected chi connectivity index (χ3v) is 6.34. The van der Waals surface area contributed by atoms with Crippen molar-refractivity contribution in [3.8, 4) is 0 Å². The van der Waals surface area contributed by atoms with Crippen molar-refractivity contribution in [2.75, 3.05) is 22.9 Å². The van der Waals surface area contributed by atoms with Crippen LogP contribution < -0.4 is 15.1 Å². The third kappa shape index (κ3) is 3.64. The van der Waals surface area contributed by atoms with Gasteiger partial charge in [-0.2, -0.15) is 0 Å². The first-order valence-electron chi connectivity index (χ1n) is 9.20. The van der Waals surface area contributed by atoms with E-state index in [1.165, 1.54) is 11.3 Å². The number of hydrogen-bond donors (Lipinski definition) is 1. The summed E-state index contributed by atoms with van der Waals surface area (Å²) in [6.07, 6.45) is 1.72. The first-order chi connectivity index (χ1) is 13.4. The number of carbonyl (C=O) groups is 3. The summed E-state index contributed by atoms with van der Waals surface area (Å²) in [5.74, 6) is -0.0981. The normalized spacial score (nSPS) is 19.6. The van der Waals surface area contributed by atoms with Crippen LogP contribution in [-0.2, 0) is 9.59 Å². The van der Waals surface area contributed by atoms with Crippen molar-refractivity contribution in [2.45, 2.75) is 32.2 Å². The van der Waals surface area contributed by atoms with E-state index in [1.54, 1.807) is 21.9 Å². The van der Waals surface area contributed by atoms with Gasteiger partial charge in [0.2, 0.25) is 11.8 Å². The van der Waals surface area contributed by atoms with E-state index in [4.69, 9.17) is 11.6 Å². The molecule has 6 nitrogen and oxygen atoms in total. The van der Waals surface area contributed by atoms with Crippen LogP contribution in [-0.4, -0.2) is 36.9 Å². The molecule has 2 fully saturated rings. The number of thiophene rings is 1. The molecule has 1 atom stereocenters. The lowest BCUT2D eigenvalue weighted by Gasteiger charge is -2.22. The SMILES string of the molecule is Cc1cc(N2C[C@H](NC(=O)c3ccc(Cl)s3)CC2=O)ccc1N1CCCC1=O. The van der Waals surface area contributed by atoms with Gasteiger partial charge in [-0.3, -0.25) is 14.4 Å². The van der Waals surface area contributed by atoms with Gasteiger partial charge in [0.15, 0.2) is 0 Å². The Hall–Kier alpha value is -2.38. The van der Waals surface area contributed by atoms with Crippen LogP contribution in [0.5, 0.6) is 0 Å². The highest BCUT2D eigenvalue weighted by Crippen LogP contribution is 2.31. The Labute approximate surface area is 172 Å². The monoisotopic (exact) mass is 417 g/mol. The minimum atomic E-state index is -0.249. The number of anilines is 2. The van der Waals surface area contributed by atoms with Crippen molar-refractivity contribution < 1.29 is 14.4 Å². The molecule has 146 valence electrons. The zero-order valence-corrected chi connectivity index (χ0v) is 17.0. The highest BCUT2D eigenvalue weighted by Gasteiger charge is 2.32. The van der Waals surface area contributed by atoms with E-state index < -0.39 is 0 Å². The molecule has 1 N–H and O–H groups in total. The van der Waals surface area contributed by atoms with E-state index in [-0.39, 0.29) is 30.2 Å². The first kappa shape index (κ1) is 19.0. The van der Waals surface area contributed by atoms with E-state index in [0.717, 1.165) is 29.9 Å². The number of benzene rings is 1. The van der Waals surface area contributed by atoms with Crippen molar-refractivity contribution in [3.63, 3.8) is 0 Å². The summed E-state index contributed by atoms with van der Waals surface area (Å²) in [5, 5.41) is 2.91. The summed E-state index contributed by atoms with van der Waals surface area (Å²) in [5.41, 5.74) is 2.65. The third-order valence-electron chi connectivity index (χ3n) is 5.11. The van der Waals surface area contributed by atoms with Crippen LogP contribution in [0.25, 0.3) is 0 Å². The molecule has 0 saturated carbocycles. The predicted molar refractivity (Wildman–Crippen MR) is 110 cm³/mol. The van der Waals surface area contributed by atoms with E-state index in [2.05, 4.69) is 5.32 Å². The van der Waals surface area contributed by atoms with Gasteiger partial charge < -0.3 is 15.1 Å². The molecule has 0 radical (unpaired) electrons. The van der Waals surface area contributed by atoms with Gasteiger partial charge in [0, 0.05) is 37.3 Å². The van der Waals surface area contributed by atoms with Crippen molar-refractivity contribution in [1.82, 2.24) is 5.32 Å². The Morgan fingerprint density at radius 1 is 1.18 bits per heavy atom. The maximum atomic E-state index is 12.5. The van der Waals surface area contributed by atoms with Gasteiger partial charge in [0.25, 0.3) is 5.91 Å². The van der Waals surface area contributed by atoms with Gasteiger partial charge in [-0.05, 0) is 49.2 Å². The van der Waals surface area contributed by atoms with Gasteiger partial charge in [0.1, 0.15) is 0 Å². The number of halogens is 1. The van der Waals surface area contributed by atoms with Gasteiger partial charge >= 0.3 is 0 Å². The number of nitrogens with one attached hydrogen (secondary N) is 1. The number of amides is 3. The second-order valence-electron chi connectivity index (χ2n) is 7.10. The predicted octanol–water partition coefficient (Wildman–Crippen LogP) is 3.37. The Balaban J connectivity index is 1.46. The zero-order chi connectivity index (χ0) is 19.8. The van der Waals surface area contributed by atoms with Gasteiger partial charge in [-0.15, -0.1) is 11.3 Å². The molecule has 2 saturated heterocycles. The van der Waals surface area contributed by atoms with Crippen molar-refractivity contribution in [3.05, 3.63) is 45.1 Å². The van der Waals surface area contributed by atoms with Gasteiger partial charge in [0.05, 0.1) is 15.3 Å². The quantitative estimate of drug-likeness (QED) is 0.829. The van der Waals surface area contributed by atoms with Crippen LogP contribution in [0.4, 0.5) is 11.4 Å². The van der Waals surface area contributed by atoms with Gasteiger partial charge in [-0.25, -0.2) is 0 Å². The van der Waals surface area contributed by atoms with Gasteiger partial charge in [-0.1, -0.05) is 11.6 Å². The average molecular weight is 418 g/mol. The molecule has 1 aromatic heterocycles. The molecule has 8 heteroatoms. The van der Waals surface area contributed by atoms with Crippen molar-refractivity contribution in [1.29, 1.82) is 0 Å². The van der Waals surface area contributed by atoms with Crippen LogP contribution >= 0.6 is 22.9 Å². The minimum absolute atomic E-state index is 0.0288. The molecule has 0 bridgehead atoms. The van der Waals surface area contributed by atoms with E-state index in [1.807, 2.05) is 25.1 Å². The molecule has 3 heterocycles. The second-order valence-corrected chi connectivity index (χ2v) is 8.82. The maximum Gasteiger partial charge on any atom is 0.261 e. The van der Waals surface area contributed by atoms with Crippen LogP contribution in [0, 0.1) is 6.92 Å². The summed E-state index contributed by atoms with van der Waals surface area (Å²) in [6, 6.07) is 8.82. The first-order valence-corrected chi connectivity index (χ1v) is 10.4. The molecule has 2 aliphatic rings. The molecule has 28 heavy (non-hydrogen) atoms. The molecule has 0 spiro atoms. The lowest BCUT2D eigenvalue weighted by molar-refractivity contribution is -0.117. The topological polar surface area (TPSA) is 69.7 Å². The number of nitrogens with zero attached hydrogens (tertiary/aromatic N) is 2. The van der Waals surface area contributed by atoms with E-state index in [0.29, 0.717) is 22.2 Å². The molecule has 1 aromatic carbocycles. The van der Waals surface area contributed by atoms with Crippen molar-refractivity contribution >= 4 is 52.0 Å². The second kappa shape index (κ2) is 7.56. The molecule has 2 aromatic rings. The van der Waals surface area contributed by atoms with Crippen molar-refractivity contribution in [2.24, 2.45) is 0 Å². The lowest BCUT2D eigenvalue weighted by Crippen LogP contribution is -2.36. The van der Waals surface area contributed by atoms with Crippen LogP contribution in [0.15, 0.2) is 30.3 Å². The molecule has 2 aliphatic heterocycles. The lowest BCUT2D eigenvalue weighted by atomic mass is 10.1. The fourth-order valence-electron chi connectivity index (χ4n) is 3.76. The summed E-state index contributed by atoms with van der Waals surface area (Å²) in [7, 11) is 0. The highest BCUT2D eigenvalue weighted by molar-refractivity contribution is 7.18. The molecular formula is C20H20ClN3O3S. The number of aryl methyl sites for hydroxylation is 1. The largest absolute Gasteiger partial charge is 0.346 e. The van der Waals surface area contributed by atoms with Crippen LogP contribution in [0.3, 0.4) is 0 Å². The Kier molecular flexibility index (Phi) is 5.12. The maximum absolute atomic E-state index is 12.5. The minimum Gasteiger partial charge on any atom is -0.346 e.